The number of hydrogen-bond donors (Lipinski definition) is 5. The van der Waals surface area contributed by atoms with E-state index in [0.717, 1.165) is 6.92 Å². The van der Waals surface area contributed by atoms with Crippen LogP contribution in [-0.4, -0.2) is 63.0 Å². The monoisotopic (exact) mass is 221 g/mol. The third kappa shape index (κ3) is 1.78. The van der Waals surface area contributed by atoms with Gasteiger partial charge in [0.2, 0.25) is 0 Å². The Labute approximate surface area is 86.1 Å². The van der Waals surface area contributed by atoms with Crippen LogP contribution in [-0.2, 0) is 9.53 Å². The highest BCUT2D eigenvalue weighted by atomic mass is 16.6. The molecular formula is C8H15NO6. The summed E-state index contributed by atoms with van der Waals surface area (Å²) in [5.41, 5.74) is 3.08. The predicted molar refractivity (Wildman–Crippen MR) is 47.6 cm³/mol. The summed E-state index contributed by atoms with van der Waals surface area (Å²) in [5, 5.41) is 37.6. The zero-order valence-corrected chi connectivity index (χ0v) is 8.20. The Hall–Kier alpha value is -0.570. The number of ketones is 1. The molecule has 0 radical (unpaired) electrons. The van der Waals surface area contributed by atoms with Gasteiger partial charge in [-0.2, -0.15) is 0 Å². The second-order valence-electron chi connectivity index (χ2n) is 3.60. The molecule has 88 valence electrons. The topological polar surface area (TPSA) is 133 Å². The number of nitrogens with two attached hydrogens (primary N) is 1. The van der Waals surface area contributed by atoms with Gasteiger partial charge in [0.15, 0.2) is 17.7 Å². The van der Waals surface area contributed by atoms with Crippen LogP contribution in [0.5, 0.6) is 0 Å². The van der Waals surface area contributed by atoms with Crippen LogP contribution < -0.4 is 5.73 Å². The smallest absolute Gasteiger partial charge is 0.173 e. The van der Waals surface area contributed by atoms with Crippen molar-refractivity contribution in [1.29, 1.82) is 0 Å². The van der Waals surface area contributed by atoms with Crippen LogP contribution in [0, 0.1) is 0 Å². The van der Waals surface area contributed by atoms with Gasteiger partial charge in [0.1, 0.15) is 12.2 Å². The van der Waals surface area contributed by atoms with E-state index in [9.17, 15) is 20.1 Å². The molecule has 0 amide bonds. The summed E-state index contributed by atoms with van der Waals surface area (Å²) in [4.78, 5) is 11.2. The lowest BCUT2D eigenvalue weighted by atomic mass is 9.80. The minimum Gasteiger partial charge on any atom is -0.394 e. The number of aliphatic hydroxyl groups excluding tert-OH is 3. The summed E-state index contributed by atoms with van der Waals surface area (Å²) in [6, 6.07) is -1.45. The molecule has 6 N–H and O–H groups in total. The molecule has 1 heterocycles. The quantitative estimate of drug-likeness (QED) is 0.330. The number of ether oxygens (including phenoxy) is 1. The zero-order valence-electron chi connectivity index (χ0n) is 8.20. The Morgan fingerprint density at radius 3 is 2.47 bits per heavy atom. The van der Waals surface area contributed by atoms with Gasteiger partial charge in [-0.05, 0) is 6.92 Å². The SMILES string of the molecule is CC(=O)[C@@]1(O)[C@@H](N)C(O)O[C@H](CO)[C@@H]1O. The summed E-state index contributed by atoms with van der Waals surface area (Å²) in [6.07, 6.45) is -4.52. The first kappa shape index (κ1) is 12.5. The van der Waals surface area contributed by atoms with E-state index in [1.54, 1.807) is 0 Å². The molecule has 1 rings (SSSR count). The average molecular weight is 221 g/mol. The van der Waals surface area contributed by atoms with E-state index in [2.05, 4.69) is 0 Å². The van der Waals surface area contributed by atoms with E-state index in [1.165, 1.54) is 0 Å². The molecule has 1 aliphatic heterocycles. The van der Waals surface area contributed by atoms with E-state index >= 15 is 0 Å². The Bertz CT molecular complexity index is 260. The lowest BCUT2D eigenvalue weighted by Crippen LogP contribution is -2.72. The minimum atomic E-state index is -2.30. The number of carbonyl (C=O) groups is 1. The Kier molecular flexibility index (Phi) is 3.44. The molecule has 7 nitrogen and oxygen atoms in total. The van der Waals surface area contributed by atoms with Crippen molar-refractivity contribution in [3.63, 3.8) is 0 Å². The number of carbonyl (C=O) groups excluding carboxylic acids is 1. The summed E-state index contributed by atoms with van der Waals surface area (Å²) in [6.45, 7) is 0.399. The number of rotatable bonds is 2. The van der Waals surface area contributed by atoms with Gasteiger partial charge in [-0.3, -0.25) is 4.79 Å². The Morgan fingerprint density at radius 1 is 1.53 bits per heavy atom. The maximum Gasteiger partial charge on any atom is 0.173 e. The molecule has 0 aliphatic carbocycles. The van der Waals surface area contributed by atoms with Crippen LogP contribution in [0.2, 0.25) is 0 Å². The van der Waals surface area contributed by atoms with Gasteiger partial charge in [-0.1, -0.05) is 0 Å². The molecule has 0 saturated carbocycles. The van der Waals surface area contributed by atoms with Crippen LogP contribution in [0.4, 0.5) is 0 Å². The minimum absolute atomic E-state index is 0.638. The number of hydrogen-bond acceptors (Lipinski definition) is 7. The van der Waals surface area contributed by atoms with E-state index in [-0.39, 0.29) is 0 Å². The van der Waals surface area contributed by atoms with Crippen LogP contribution in [0.1, 0.15) is 6.92 Å². The molecule has 1 fully saturated rings. The fraction of sp³-hybridized carbons (Fsp3) is 0.875. The van der Waals surface area contributed by atoms with Gasteiger partial charge in [0.25, 0.3) is 0 Å². The van der Waals surface area contributed by atoms with Gasteiger partial charge >= 0.3 is 0 Å². The standard InChI is InChI=1S/C8H15NO6/c1-3(11)8(14)5(9)7(13)15-4(2-10)6(8)12/h4-7,10,12-14H,2,9H2,1H3/t4-,5+,6+,7?,8-/m1/s1. The van der Waals surface area contributed by atoms with Gasteiger partial charge in [-0.15, -0.1) is 0 Å². The third-order valence-electron chi connectivity index (χ3n) is 2.68. The van der Waals surface area contributed by atoms with Crippen LogP contribution in [0.25, 0.3) is 0 Å². The van der Waals surface area contributed by atoms with Crippen LogP contribution in [0.3, 0.4) is 0 Å². The lowest BCUT2D eigenvalue weighted by molar-refractivity contribution is -0.274. The maximum atomic E-state index is 11.2. The van der Waals surface area contributed by atoms with E-state index in [1.807, 2.05) is 0 Å². The largest absolute Gasteiger partial charge is 0.394 e. The zero-order chi connectivity index (χ0) is 11.8. The Morgan fingerprint density at radius 2 is 2.07 bits per heavy atom. The summed E-state index contributed by atoms with van der Waals surface area (Å²) < 4.78 is 4.72. The van der Waals surface area contributed by atoms with Crippen LogP contribution >= 0.6 is 0 Å². The lowest BCUT2D eigenvalue weighted by Gasteiger charge is -2.45. The van der Waals surface area contributed by atoms with Crippen molar-refractivity contribution < 1.29 is 30.0 Å². The number of aliphatic hydroxyl groups is 4. The normalized spacial score (nSPS) is 46.5. The first-order valence-corrected chi connectivity index (χ1v) is 4.47. The molecule has 1 unspecified atom stereocenters. The molecule has 5 atom stereocenters. The highest BCUT2D eigenvalue weighted by molar-refractivity contribution is 5.86. The molecule has 0 bridgehead atoms. The van der Waals surface area contributed by atoms with Crippen molar-refractivity contribution in [3.05, 3.63) is 0 Å². The van der Waals surface area contributed by atoms with Gasteiger partial charge in [0, 0.05) is 0 Å². The summed E-state index contributed by atoms with van der Waals surface area (Å²) in [7, 11) is 0. The van der Waals surface area contributed by atoms with Crippen molar-refractivity contribution >= 4 is 5.78 Å². The van der Waals surface area contributed by atoms with Crippen molar-refractivity contribution in [3.8, 4) is 0 Å². The van der Waals surface area contributed by atoms with Crippen molar-refractivity contribution in [2.24, 2.45) is 5.73 Å². The van der Waals surface area contributed by atoms with Crippen LogP contribution in [0.15, 0.2) is 0 Å². The second kappa shape index (κ2) is 4.12. The summed E-state index contributed by atoms with van der Waals surface area (Å²) >= 11 is 0. The average Bonchev–Trinajstić information content (AvgIpc) is 2.20. The molecule has 0 aromatic rings. The van der Waals surface area contributed by atoms with Crippen molar-refractivity contribution in [1.82, 2.24) is 0 Å². The highest BCUT2D eigenvalue weighted by Gasteiger charge is 2.56. The molecular weight excluding hydrogens is 206 g/mol. The predicted octanol–water partition coefficient (Wildman–Crippen LogP) is -3.30. The first-order valence-electron chi connectivity index (χ1n) is 4.47. The molecule has 7 heteroatoms. The van der Waals surface area contributed by atoms with E-state index in [4.69, 9.17) is 15.6 Å². The highest BCUT2D eigenvalue weighted by Crippen LogP contribution is 2.28. The molecule has 15 heavy (non-hydrogen) atoms. The van der Waals surface area contributed by atoms with Gasteiger partial charge in [0.05, 0.1) is 12.6 Å². The molecule has 0 aromatic heterocycles. The van der Waals surface area contributed by atoms with E-state index < -0.39 is 42.5 Å². The molecule has 1 aliphatic rings. The van der Waals surface area contributed by atoms with Gasteiger partial charge < -0.3 is 30.9 Å². The second-order valence-corrected chi connectivity index (χ2v) is 3.60. The Balaban J connectivity index is 3.04. The fourth-order valence-electron chi connectivity index (χ4n) is 1.62. The number of Topliss-reactive ketones (excluding diaryl/α,β-unsaturated/α-hetero) is 1. The van der Waals surface area contributed by atoms with Crippen molar-refractivity contribution in [2.45, 2.75) is 37.1 Å². The molecule has 0 spiro atoms. The summed E-state index contributed by atoms with van der Waals surface area (Å²) in [5.74, 6) is -0.789. The molecule has 0 aromatic carbocycles. The maximum absolute atomic E-state index is 11.2. The van der Waals surface area contributed by atoms with Gasteiger partial charge in [-0.25, -0.2) is 0 Å². The van der Waals surface area contributed by atoms with Crippen molar-refractivity contribution in [2.75, 3.05) is 6.61 Å². The fourth-order valence-corrected chi connectivity index (χ4v) is 1.62. The third-order valence-corrected chi connectivity index (χ3v) is 2.68. The first-order chi connectivity index (χ1) is 6.85. The van der Waals surface area contributed by atoms with E-state index in [0.29, 0.717) is 0 Å². The molecule has 1 saturated heterocycles.